The average Bonchev–Trinajstić information content (AvgIpc) is 1.90. The molecule has 1 fully saturated rings. The van der Waals surface area contributed by atoms with Crippen molar-refractivity contribution in [2.75, 3.05) is 20.1 Å². The summed E-state index contributed by atoms with van der Waals surface area (Å²) in [5.41, 5.74) is 0. The van der Waals surface area contributed by atoms with Crippen molar-refractivity contribution < 1.29 is 13.9 Å². The van der Waals surface area contributed by atoms with E-state index in [1.807, 2.05) is 0 Å². The van der Waals surface area contributed by atoms with Crippen molar-refractivity contribution in [3.05, 3.63) is 0 Å². The molecule has 48 valence electrons. The standard InChI is InChI=1S/C5H9FO2/c6-3-5-1-2-7-4-8-5/h5H,1-4H2. The Bertz CT molecular complexity index is 61.4. The van der Waals surface area contributed by atoms with Gasteiger partial charge in [-0.2, -0.15) is 0 Å². The predicted octanol–water partition coefficient (Wildman–Crippen LogP) is 0.719. The second-order valence-corrected chi connectivity index (χ2v) is 1.76. The molecule has 1 unspecified atom stereocenters. The molecule has 0 saturated carbocycles. The van der Waals surface area contributed by atoms with E-state index in [4.69, 9.17) is 9.47 Å². The summed E-state index contributed by atoms with van der Waals surface area (Å²) in [6.45, 7) is 0.506. The lowest BCUT2D eigenvalue weighted by Gasteiger charge is -2.19. The smallest absolute Gasteiger partial charge is 0.147 e. The normalized spacial score (nSPS) is 30.4. The van der Waals surface area contributed by atoms with Crippen LogP contribution in [-0.4, -0.2) is 26.2 Å². The fraction of sp³-hybridized carbons (Fsp3) is 1.00. The number of ether oxygens (including phenoxy) is 2. The first-order valence-corrected chi connectivity index (χ1v) is 2.69. The number of alkyl halides is 1. The van der Waals surface area contributed by atoms with Crippen LogP contribution in [0.15, 0.2) is 0 Å². The summed E-state index contributed by atoms with van der Waals surface area (Å²) in [7, 11) is 0. The van der Waals surface area contributed by atoms with Crippen molar-refractivity contribution in [1.29, 1.82) is 0 Å². The van der Waals surface area contributed by atoms with Crippen LogP contribution in [0.3, 0.4) is 0 Å². The molecular weight excluding hydrogens is 111 g/mol. The van der Waals surface area contributed by atoms with Crippen LogP contribution in [0.2, 0.25) is 0 Å². The summed E-state index contributed by atoms with van der Waals surface area (Å²) >= 11 is 0. The van der Waals surface area contributed by atoms with Crippen LogP contribution in [0.25, 0.3) is 0 Å². The SMILES string of the molecule is FCC1CCOCO1. The monoisotopic (exact) mass is 120 g/mol. The molecule has 0 amide bonds. The second-order valence-electron chi connectivity index (χ2n) is 1.76. The van der Waals surface area contributed by atoms with Gasteiger partial charge in [0.2, 0.25) is 0 Å². The molecule has 0 bridgehead atoms. The summed E-state index contributed by atoms with van der Waals surface area (Å²) < 4.78 is 21.3. The molecule has 0 aliphatic carbocycles. The van der Waals surface area contributed by atoms with Gasteiger partial charge in [0.05, 0.1) is 12.7 Å². The lowest BCUT2D eigenvalue weighted by Crippen LogP contribution is -2.24. The Hall–Kier alpha value is -0.150. The molecule has 1 saturated heterocycles. The molecule has 0 radical (unpaired) electrons. The van der Waals surface area contributed by atoms with E-state index in [9.17, 15) is 4.39 Å². The van der Waals surface area contributed by atoms with Gasteiger partial charge in [0.1, 0.15) is 13.5 Å². The van der Waals surface area contributed by atoms with E-state index < -0.39 is 0 Å². The Morgan fingerprint density at radius 2 is 2.50 bits per heavy atom. The lowest BCUT2D eigenvalue weighted by atomic mass is 10.3. The first kappa shape index (κ1) is 5.98. The molecule has 0 N–H and O–H groups in total. The Morgan fingerprint density at radius 3 is 2.88 bits per heavy atom. The Morgan fingerprint density at radius 1 is 1.62 bits per heavy atom. The van der Waals surface area contributed by atoms with Crippen molar-refractivity contribution in [3.8, 4) is 0 Å². The fourth-order valence-corrected chi connectivity index (χ4v) is 0.623. The van der Waals surface area contributed by atoms with Crippen molar-refractivity contribution in [2.45, 2.75) is 12.5 Å². The molecule has 8 heavy (non-hydrogen) atoms. The Balaban J connectivity index is 2.13. The molecule has 3 heteroatoms. The van der Waals surface area contributed by atoms with Crippen LogP contribution in [0.5, 0.6) is 0 Å². The molecule has 0 spiro atoms. The molecule has 0 aromatic carbocycles. The maximum Gasteiger partial charge on any atom is 0.147 e. The highest BCUT2D eigenvalue weighted by Crippen LogP contribution is 2.05. The highest BCUT2D eigenvalue weighted by atomic mass is 19.1. The van der Waals surface area contributed by atoms with Crippen LogP contribution < -0.4 is 0 Å². The van der Waals surface area contributed by atoms with Gasteiger partial charge < -0.3 is 9.47 Å². The Kier molecular flexibility index (Phi) is 2.24. The van der Waals surface area contributed by atoms with Gasteiger partial charge in [-0.1, -0.05) is 0 Å². The summed E-state index contributed by atoms with van der Waals surface area (Å²) in [6, 6.07) is 0. The zero-order valence-corrected chi connectivity index (χ0v) is 4.60. The minimum atomic E-state index is -0.386. The van der Waals surface area contributed by atoms with Crippen LogP contribution in [0.4, 0.5) is 4.39 Å². The van der Waals surface area contributed by atoms with Crippen LogP contribution in [-0.2, 0) is 9.47 Å². The number of hydrogen-bond donors (Lipinski definition) is 0. The van der Waals surface area contributed by atoms with E-state index in [1.165, 1.54) is 0 Å². The summed E-state index contributed by atoms with van der Waals surface area (Å²) in [5, 5.41) is 0. The minimum absolute atomic E-state index is 0.205. The van der Waals surface area contributed by atoms with Crippen molar-refractivity contribution in [3.63, 3.8) is 0 Å². The molecule has 0 aromatic heterocycles. The third kappa shape index (κ3) is 1.42. The third-order valence-electron chi connectivity index (χ3n) is 1.14. The van der Waals surface area contributed by atoms with Gasteiger partial charge in [0.25, 0.3) is 0 Å². The molecule has 2 nitrogen and oxygen atoms in total. The molecule has 1 aliphatic heterocycles. The maximum atomic E-state index is 11.7. The first-order chi connectivity index (χ1) is 3.93. The highest BCUT2D eigenvalue weighted by Gasteiger charge is 2.12. The van der Waals surface area contributed by atoms with Crippen molar-refractivity contribution in [1.82, 2.24) is 0 Å². The van der Waals surface area contributed by atoms with E-state index in [0.29, 0.717) is 13.0 Å². The zero-order valence-electron chi connectivity index (χ0n) is 4.60. The first-order valence-electron chi connectivity index (χ1n) is 2.69. The van der Waals surface area contributed by atoms with Gasteiger partial charge in [-0.15, -0.1) is 0 Å². The molecular formula is C5H9FO2. The van der Waals surface area contributed by atoms with E-state index in [2.05, 4.69) is 0 Å². The molecule has 1 aliphatic rings. The number of hydrogen-bond acceptors (Lipinski definition) is 2. The van der Waals surface area contributed by atoms with E-state index in [-0.39, 0.29) is 19.6 Å². The van der Waals surface area contributed by atoms with Crippen LogP contribution >= 0.6 is 0 Å². The fourth-order valence-electron chi connectivity index (χ4n) is 0.623. The average molecular weight is 120 g/mol. The summed E-state index contributed by atoms with van der Waals surface area (Å²) in [4.78, 5) is 0. The topological polar surface area (TPSA) is 18.5 Å². The van der Waals surface area contributed by atoms with Gasteiger partial charge >= 0.3 is 0 Å². The molecule has 0 aromatic rings. The number of halogens is 1. The summed E-state index contributed by atoms with van der Waals surface area (Å²) in [5.74, 6) is 0. The Labute approximate surface area is 47.6 Å². The van der Waals surface area contributed by atoms with Crippen molar-refractivity contribution in [2.24, 2.45) is 0 Å². The number of rotatable bonds is 1. The van der Waals surface area contributed by atoms with E-state index in [0.717, 1.165) is 0 Å². The van der Waals surface area contributed by atoms with Gasteiger partial charge in [-0.3, -0.25) is 0 Å². The summed E-state index contributed by atoms with van der Waals surface area (Å²) in [6.07, 6.45) is 0.486. The quantitative estimate of drug-likeness (QED) is 0.507. The van der Waals surface area contributed by atoms with Gasteiger partial charge in [-0.25, -0.2) is 4.39 Å². The van der Waals surface area contributed by atoms with Crippen molar-refractivity contribution >= 4 is 0 Å². The third-order valence-corrected chi connectivity index (χ3v) is 1.14. The molecule has 1 heterocycles. The molecule has 1 rings (SSSR count). The molecule has 1 atom stereocenters. The zero-order chi connectivity index (χ0) is 5.82. The minimum Gasteiger partial charge on any atom is -0.355 e. The van der Waals surface area contributed by atoms with Gasteiger partial charge in [0, 0.05) is 0 Å². The maximum absolute atomic E-state index is 11.7. The van der Waals surface area contributed by atoms with E-state index >= 15 is 0 Å². The lowest BCUT2D eigenvalue weighted by molar-refractivity contribution is -0.143. The van der Waals surface area contributed by atoms with Gasteiger partial charge in [-0.05, 0) is 6.42 Å². The van der Waals surface area contributed by atoms with Crippen LogP contribution in [0.1, 0.15) is 6.42 Å². The van der Waals surface area contributed by atoms with Crippen LogP contribution in [0, 0.1) is 0 Å². The second kappa shape index (κ2) is 2.99. The van der Waals surface area contributed by atoms with Gasteiger partial charge in [0.15, 0.2) is 0 Å². The van der Waals surface area contributed by atoms with E-state index in [1.54, 1.807) is 0 Å². The highest BCUT2D eigenvalue weighted by molar-refractivity contribution is 4.56. The largest absolute Gasteiger partial charge is 0.355 e. The predicted molar refractivity (Wildman–Crippen MR) is 26.3 cm³/mol.